The zero-order valence-corrected chi connectivity index (χ0v) is 9.82. The molecule has 16 heavy (non-hydrogen) atoms. The number of hydrogen-bond acceptors (Lipinski definition) is 3. The van der Waals surface area contributed by atoms with Crippen LogP contribution in [0.2, 0.25) is 0 Å². The first kappa shape index (κ1) is 12.4. The molecule has 0 radical (unpaired) electrons. The van der Waals surface area contributed by atoms with Crippen LogP contribution in [-0.2, 0) is 20.7 Å². The molecule has 0 aliphatic rings. The Morgan fingerprint density at radius 1 is 1.25 bits per heavy atom. The molecule has 0 spiro atoms. The van der Waals surface area contributed by atoms with E-state index in [9.17, 15) is 9.59 Å². The summed E-state index contributed by atoms with van der Waals surface area (Å²) in [6, 6.07) is 9.45. The molecule has 86 valence electrons. The van der Waals surface area contributed by atoms with Crippen molar-refractivity contribution in [1.29, 1.82) is 0 Å². The molecule has 0 saturated carbocycles. The van der Waals surface area contributed by atoms with Crippen LogP contribution < -0.4 is 0 Å². The minimum atomic E-state index is -1.09. The van der Waals surface area contributed by atoms with Gasteiger partial charge in [0.05, 0.1) is 7.11 Å². The highest BCUT2D eigenvalue weighted by atomic mass is 16.5. The fourth-order valence-corrected chi connectivity index (χ4v) is 1.57. The van der Waals surface area contributed by atoms with Gasteiger partial charge in [0.15, 0.2) is 0 Å². The summed E-state index contributed by atoms with van der Waals surface area (Å²) < 4.78 is 4.69. The number of esters is 1. The first-order valence-corrected chi connectivity index (χ1v) is 5.14. The molecule has 0 aromatic heterocycles. The largest absolute Gasteiger partial charge is 0.468 e. The van der Waals surface area contributed by atoms with E-state index in [-0.39, 0.29) is 5.78 Å². The maximum absolute atomic E-state index is 11.6. The molecule has 0 aliphatic carbocycles. The minimum Gasteiger partial charge on any atom is -0.468 e. The molecule has 0 aliphatic heterocycles. The third-order valence-corrected chi connectivity index (χ3v) is 2.81. The average Bonchev–Trinajstić information content (AvgIpc) is 2.28. The summed E-state index contributed by atoms with van der Waals surface area (Å²) in [6.45, 7) is 3.04. The lowest BCUT2D eigenvalue weighted by atomic mass is 9.80. The van der Waals surface area contributed by atoms with E-state index in [1.54, 1.807) is 6.92 Å². The summed E-state index contributed by atoms with van der Waals surface area (Å²) >= 11 is 0. The Kier molecular flexibility index (Phi) is 3.82. The highest BCUT2D eigenvalue weighted by Crippen LogP contribution is 2.25. The van der Waals surface area contributed by atoms with Crippen LogP contribution in [-0.4, -0.2) is 18.9 Å². The number of hydrogen-bond donors (Lipinski definition) is 0. The monoisotopic (exact) mass is 220 g/mol. The van der Waals surface area contributed by atoms with Crippen molar-refractivity contribution in [3.8, 4) is 0 Å². The van der Waals surface area contributed by atoms with Crippen molar-refractivity contribution in [2.24, 2.45) is 5.41 Å². The summed E-state index contributed by atoms with van der Waals surface area (Å²) in [5, 5.41) is 0. The Balaban J connectivity index is 2.97. The van der Waals surface area contributed by atoms with E-state index in [1.807, 2.05) is 30.3 Å². The molecule has 1 aromatic rings. The summed E-state index contributed by atoms with van der Waals surface area (Å²) in [6.07, 6.45) is 0.371. The fourth-order valence-electron chi connectivity index (χ4n) is 1.57. The molecular formula is C13H16O3. The van der Waals surface area contributed by atoms with Gasteiger partial charge in [0.1, 0.15) is 11.2 Å². The summed E-state index contributed by atoms with van der Waals surface area (Å²) in [5.41, 5.74) is -0.138. The van der Waals surface area contributed by atoms with Gasteiger partial charge in [-0.2, -0.15) is 0 Å². The molecule has 1 aromatic carbocycles. The van der Waals surface area contributed by atoms with Gasteiger partial charge in [-0.15, -0.1) is 0 Å². The second-order valence-corrected chi connectivity index (χ2v) is 4.04. The molecule has 3 nitrogen and oxygen atoms in total. The van der Waals surface area contributed by atoms with Crippen molar-refractivity contribution in [1.82, 2.24) is 0 Å². The van der Waals surface area contributed by atoms with Gasteiger partial charge in [0.25, 0.3) is 0 Å². The lowest BCUT2D eigenvalue weighted by Crippen LogP contribution is -2.38. The van der Waals surface area contributed by atoms with E-state index in [2.05, 4.69) is 4.74 Å². The summed E-state index contributed by atoms with van der Waals surface area (Å²) in [4.78, 5) is 23.2. The molecular weight excluding hydrogens is 204 g/mol. The standard InChI is InChI=1S/C13H16O3/c1-10(14)13(2,12(15)16-3)9-11-7-5-4-6-8-11/h4-8H,9H2,1-3H3/t13-/m0/s1. The molecule has 0 saturated heterocycles. The molecule has 0 N–H and O–H groups in total. The fraction of sp³-hybridized carbons (Fsp3) is 0.385. The highest BCUT2D eigenvalue weighted by molar-refractivity contribution is 6.02. The summed E-state index contributed by atoms with van der Waals surface area (Å²) in [5.74, 6) is -0.660. The first-order chi connectivity index (χ1) is 7.50. The number of methoxy groups -OCH3 is 1. The van der Waals surface area contributed by atoms with Crippen molar-refractivity contribution in [2.45, 2.75) is 20.3 Å². The number of carbonyl (C=O) groups is 2. The van der Waals surface area contributed by atoms with E-state index < -0.39 is 11.4 Å². The molecule has 0 fully saturated rings. The normalized spacial score (nSPS) is 13.9. The SMILES string of the molecule is COC(=O)[C@@](C)(Cc1ccccc1)C(C)=O. The average molecular weight is 220 g/mol. The first-order valence-electron chi connectivity index (χ1n) is 5.14. The molecule has 1 atom stereocenters. The number of Topliss-reactive ketones (excluding diaryl/α,β-unsaturated/α-hetero) is 1. The van der Waals surface area contributed by atoms with Crippen LogP contribution in [0.15, 0.2) is 30.3 Å². The van der Waals surface area contributed by atoms with Gasteiger partial charge in [-0.3, -0.25) is 9.59 Å². The Hall–Kier alpha value is -1.64. The Morgan fingerprint density at radius 2 is 1.81 bits per heavy atom. The Labute approximate surface area is 95.4 Å². The zero-order valence-electron chi connectivity index (χ0n) is 9.82. The van der Waals surface area contributed by atoms with Gasteiger partial charge in [-0.05, 0) is 25.8 Å². The maximum Gasteiger partial charge on any atom is 0.319 e. The Bertz CT molecular complexity index is 383. The molecule has 0 bridgehead atoms. The molecule has 0 heterocycles. The van der Waals surface area contributed by atoms with Crippen LogP contribution in [0.5, 0.6) is 0 Å². The second kappa shape index (κ2) is 4.92. The van der Waals surface area contributed by atoms with Gasteiger partial charge in [-0.1, -0.05) is 30.3 Å². The van der Waals surface area contributed by atoms with Crippen molar-refractivity contribution in [3.05, 3.63) is 35.9 Å². The van der Waals surface area contributed by atoms with E-state index in [1.165, 1.54) is 14.0 Å². The third-order valence-electron chi connectivity index (χ3n) is 2.81. The van der Waals surface area contributed by atoms with Gasteiger partial charge < -0.3 is 4.74 Å². The van der Waals surface area contributed by atoms with Crippen molar-refractivity contribution in [3.63, 3.8) is 0 Å². The van der Waals surface area contributed by atoms with Gasteiger partial charge in [0.2, 0.25) is 0 Å². The number of carbonyl (C=O) groups excluding carboxylic acids is 2. The van der Waals surface area contributed by atoms with E-state index >= 15 is 0 Å². The van der Waals surface area contributed by atoms with Crippen LogP contribution in [0.4, 0.5) is 0 Å². The van der Waals surface area contributed by atoms with Crippen LogP contribution in [0, 0.1) is 5.41 Å². The zero-order chi connectivity index (χ0) is 12.2. The topological polar surface area (TPSA) is 43.4 Å². The summed E-state index contributed by atoms with van der Waals surface area (Å²) in [7, 11) is 1.30. The predicted molar refractivity (Wildman–Crippen MR) is 61.0 cm³/mol. The predicted octanol–water partition coefficient (Wildman–Crippen LogP) is 2.00. The second-order valence-electron chi connectivity index (χ2n) is 4.04. The molecule has 3 heteroatoms. The molecule has 0 amide bonds. The van der Waals surface area contributed by atoms with E-state index in [0.29, 0.717) is 6.42 Å². The third kappa shape index (κ3) is 2.48. The maximum atomic E-state index is 11.6. The lowest BCUT2D eigenvalue weighted by Gasteiger charge is -2.23. The van der Waals surface area contributed by atoms with Crippen molar-refractivity contribution in [2.75, 3.05) is 7.11 Å². The number of ketones is 1. The van der Waals surface area contributed by atoms with Crippen LogP contribution in [0.25, 0.3) is 0 Å². The molecule has 0 unspecified atom stereocenters. The van der Waals surface area contributed by atoms with E-state index in [0.717, 1.165) is 5.56 Å². The number of ether oxygens (including phenoxy) is 1. The molecule has 1 rings (SSSR count). The van der Waals surface area contributed by atoms with Crippen molar-refractivity contribution >= 4 is 11.8 Å². The van der Waals surface area contributed by atoms with Gasteiger partial charge >= 0.3 is 5.97 Å². The lowest BCUT2D eigenvalue weighted by molar-refractivity contribution is -0.156. The van der Waals surface area contributed by atoms with Crippen LogP contribution in [0.3, 0.4) is 0 Å². The van der Waals surface area contributed by atoms with Crippen molar-refractivity contribution < 1.29 is 14.3 Å². The van der Waals surface area contributed by atoms with Crippen LogP contribution >= 0.6 is 0 Å². The number of rotatable bonds is 4. The van der Waals surface area contributed by atoms with E-state index in [4.69, 9.17) is 0 Å². The Morgan fingerprint density at radius 3 is 2.25 bits per heavy atom. The highest BCUT2D eigenvalue weighted by Gasteiger charge is 2.39. The number of benzene rings is 1. The van der Waals surface area contributed by atoms with Gasteiger partial charge in [0, 0.05) is 0 Å². The minimum absolute atomic E-state index is 0.178. The van der Waals surface area contributed by atoms with Gasteiger partial charge in [-0.25, -0.2) is 0 Å². The smallest absolute Gasteiger partial charge is 0.319 e. The quantitative estimate of drug-likeness (QED) is 0.575. The van der Waals surface area contributed by atoms with Crippen LogP contribution in [0.1, 0.15) is 19.4 Å².